The van der Waals surface area contributed by atoms with Gasteiger partial charge in [-0.2, -0.15) is 0 Å². The van der Waals surface area contributed by atoms with E-state index < -0.39 is 5.97 Å². The Kier molecular flexibility index (Phi) is 11.2. The van der Waals surface area contributed by atoms with E-state index in [1.807, 2.05) is 31.2 Å². The van der Waals surface area contributed by atoms with E-state index in [0.717, 1.165) is 36.4 Å². The number of carbonyl (C=O) groups is 4. The van der Waals surface area contributed by atoms with Gasteiger partial charge in [0.1, 0.15) is 0 Å². The predicted molar refractivity (Wildman–Crippen MR) is 165 cm³/mol. The zero-order valence-corrected chi connectivity index (χ0v) is 24.2. The van der Waals surface area contributed by atoms with Crippen LogP contribution in [-0.2, 0) is 20.7 Å². The third kappa shape index (κ3) is 9.66. The number of amides is 4. The summed E-state index contributed by atoms with van der Waals surface area (Å²) >= 11 is 0. The standard InChI is InChI=1S/C32H37N5O6/c1-23-5-2-3-6-28(23)35-32(42)34-26-11-7-24(8-12-26)21-29(38)33-22-30(39)37(16-4-15-36-17-19-43-20-18-36)27-13-9-25(10-14-27)31(40)41/h2-3,5-14H,4,15-22H2,1H3,(H,33,38)(H,40,41)(H2,34,35,42). The first-order chi connectivity index (χ1) is 20.8. The molecule has 1 heterocycles. The Hall–Kier alpha value is -4.74. The first kappa shape index (κ1) is 31.2. The summed E-state index contributed by atoms with van der Waals surface area (Å²) in [5, 5.41) is 17.5. The molecule has 0 atom stereocenters. The first-order valence-electron chi connectivity index (χ1n) is 14.2. The van der Waals surface area contributed by atoms with Crippen molar-refractivity contribution in [2.24, 2.45) is 0 Å². The Morgan fingerprint density at radius 3 is 2.28 bits per heavy atom. The number of carbonyl (C=O) groups excluding carboxylic acids is 3. The van der Waals surface area contributed by atoms with E-state index >= 15 is 0 Å². The molecule has 0 unspecified atom stereocenters. The van der Waals surface area contributed by atoms with Gasteiger partial charge < -0.3 is 30.7 Å². The van der Waals surface area contributed by atoms with E-state index in [0.29, 0.717) is 37.6 Å². The topological polar surface area (TPSA) is 140 Å². The number of carboxylic acid groups (broad SMARTS) is 1. The highest BCUT2D eigenvalue weighted by molar-refractivity contribution is 6.00. The molecular weight excluding hydrogens is 550 g/mol. The largest absolute Gasteiger partial charge is 0.478 e. The highest BCUT2D eigenvalue weighted by Gasteiger charge is 2.19. The number of nitrogens with zero attached hydrogens (tertiary/aromatic N) is 2. The molecule has 0 aromatic heterocycles. The molecule has 0 radical (unpaired) electrons. The number of hydrogen-bond acceptors (Lipinski definition) is 6. The molecule has 0 bridgehead atoms. The highest BCUT2D eigenvalue weighted by Crippen LogP contribution is 2.18. The van der Waals surface area contributed by atoms with Gasteiger partial charge in [0.15, 0.2) is 0 Å². The fraction of sp³-hybridized carbons (Fsp3) is 0.312. The van der Waals surface area contributed by atoms with Crippen LogP contribution in [0.25, 0.3) is 0 Å². The monoisotopic (exact) mass is 587 g/mol. The van der Waals surface area contributed by atoms with Gasteiger partial charge in [-0.3, -0.25) is 14.5 Å². The molecule has 1 fully saturated rings. The van der Waals surface area contributed by atoms with Gasteiger partial charge in [-0.1, -0.05) is 30.3 Å². The van der Waals surface area contributed by atoms with Gasteiger partial charge in [-0.05, 0) is 66.9 Å². The smallest absolute Gasteiger partial charge is 0.335 e. The average Bonchev–Trinajstić information content (AvgIpc) is 3.01. The fourth-order valence-electron chi connectivity index (χ4n) is 4.68. The fourth-order valence-corrected chi connectivity index (χ4v) is 4.68. The minimum atomic E-state index is -1.04. The Labute approximate surface area is 250 Å². The number of hydrogen-bond donors (Lipinski definition) is 4. The summed E-state index contributed by atoms with van der Waals surface area (Å²) in [4.78, 5) is 53.3. The molecule has 11 nitrogen and oxygen atoms in total. The van der Waals surface area contributed by atoms with Crippen LogP contribution < -0.4 is 20.9 Å². The van der Waals surface area contributed by atoms with E-state index in [1.165, 1.54) is 12.1 Å². The number of carboxylic acids is 1. The number of morpholine rings is 1. The van der Waals surface area contributed by atoms with Crippen LogP contribution in [0.3, 0.4) is 0 Å². The normalized spacial score (nSPS) is 13.1. The molecule has 0 spiro atoms. The molecule has 0 aliphatic carbocycles. The summed E-state index contributed by atoms with van der Waals surface area (Å²) in [6.07, 6.45) is 0.775. The average molecular weight is 588 g/mol. The van der Waals surface area contributed by atoms with Crippen LogP contribution in [-0.4, -0.2) is 79.8 Å². The number of benzene rings is 3. The first-order valence-corrected chi connectivity index (χ1v) is 14.2. The predicted octanol–water partition coefficient (Wildman–Crippen LogP) is 3.75. The number of aromatic carboxylic acids is 1. The van der Waals surface area contributed by atoms with Gasteiger partial charge in [0.2, 0.25) is 11.8 Å². The van der Waals surface area contributed by atoms with Crippen LogP contribution >= 0.6 is 0 Å². The maximum Gasteiger partial charge on any atom is 0.335 e. The molecular formula is C32H37N5O6. The van der Waals surface area contributed by atoms with E-state index in [9.17, 15) is 24.3 Å². The molecule has 4 N–H and O–H groups in total. The molecule has 3 aromatic rings. The van der Waals surface area contributed by atoms with Gasteiger partial charge in [-0.15, -0.1) is 0 Å². The van der Waals surface area contributed by atoms with Crippen molar-refractivity contribution in [1.29, 1.82) is 0 Å². The molecule has 226 valence electrons. The summed E-state index contributed by atoms with van der Waals surface area (Å²) in [7, 11) is 0. The van der Waals surface area contributed by atoms with Crippen LogP contribution in [0.1, 0.15) is 27.9 Å². The third-order valence-corrected chi connectivity index (χ3v) is 7.09. The summed E-state index contributed by atoms with van der Waals surface area (Å²) < 4.78 is 5.39. The summed E-state index contributed by atoms with van der Waals surface area (Å²) in [6, 6.07) is 20.1. The molecule has 1 aliphatic heterocycles. The van der Waals surface area contributed by atoms with E-state index in [4.69, 9.17) is 4.74 Å². The number of anilines is 3. The van der Waals surface area contributed by atoms with E-state index in [1.54, 1.807) is 41.3 Å². The van der Waals surface area contributed by atoms with Gasteiger partial charge in [0.05, 0.1) is 31.7 Å². The molecule has 1 aliphatic rings. The highest BCUT2D eigenvalue weighted by atomic mass is 16.5. The van der Waals surface area contributed by atoms with Crippen molar-refractivity contribution in [2.45, 2.75) is 19.8 Å². The number of rotatable bonds is 12. The SMILES string of the molecule is Cc1ccccc1NC(=O)Nc1ccc(CC(=O)NCC(=O)N(CCCN2CCOCC2)c2ccc(C(=O)O)cc2)cc1. The van der Waals surface area contributed by atoms with Crippen molar-refractivity contribution in [3.8, 4) is 0 Å². The minimum absolute atomic E-state index is 0.0628. The van der Waals surface area contributed by atoms with Crippen LogP contribution in [0.2, 0.25) is 0 Å². The Balaban J connectivity index is 1.28. The Bertz CT molecular complexity index is 1400. The van der Waals surface area contributed by atoms with E-state index in [2.05, 4.69) is 20.9 Å². The van der Waals surface area contributed by atoms with Crippen molar-refractivity contribution in [3.63, 3.8) is 0 Å². The third-order valence-electron chi connectivity index (χ3n) is 7.09. The van der Waals surface area contributed by atoms with Gasteiger partial charge >= 0.3 is 12.0 Å². The number of ether oxygens (including phenoxy) is 1. The lowest BCUT2D eigenvalue weighted by atomic mass is 10.1. The molecule has 11 heteroatoms. The maximum absolute atomic E-state index is 13.2. The molecule has 4 rings (SSSR count). The molecule has 4 amide bonds. The second kappa shape index (κ2) is 15.5. The van der Waals surface area contributed by atoms with Crippen LogP contribution in [0, 0.1) is 6.92 Å². The quantitative estimate of drug-likeness (QED) is 0.253. The Morgan fingerprint density at radius 2 is 1.60 bits per heavy atom. The zero-order chi connectivity index (χ0) is 30.6. The summed E-state index contributed by atoms with van der Waals surface area (Å²) in [5.74, 6) is -1.66. The Morgan fingerprint density at radius 1 is 0.907 bits per heavy atom. The van der Waals surface area contributed by atoms with E-state index in [-0.39, 0.29) is 36.4 Å². The number of aryl methyl sites for hydroxylation is 1. The molecule has 1 saturated heterocycles. The number of urea groups is 1. The lowest BCUT2D eigenvalue weighted by Gasteiger charge is -2.28. The summed E-state index contributed by atoms with van der Waals surface area (Å²) in [6.45, 7) is 5.99. The number of nitrogens with one attached hydrogen (secondary N) is 3. The molecule has 0 saturated carbocycles. The second-order valence-electron chi connectivity index (χ2n) is 10.2. The van der Waals surface area contributed by atoms with Gasteiger partial charge in [-0.25, -0.2) is 9.59 Å². The van der Waals surface area contributed by atoms with Crippen molar-refractivity contribution in [2.75, 3.05) is 61.5 Å². The van der Waals surface area contributed by atoms with Crippen LogP contribution in [0.5, 0.6) is 0 Å². The minimum Gasteiger partial charge on any atom is -0.478 e. The zero-order valence-electron chi connectivity index (χ0n) is 24.2. The van der Waals surface area contributed by atoms with Crippen molar-refractivity contribution in [3.05, 3.63) is 89.5 Å². The maximum atomic E-state index is 13.2. The molecule has 43 heavy (non-hydrogen) atoms. The van der Waals surface area contributed by atoms with Crippen molar-refractivity contribution >= 4 is 40.9 Å². The van der Waals surface area contributed by atoms with Crippen molar-refractivity contribution in [1.82, 2.24) is 10.2 Å². The number of para-hydroxylation sites is 1. The van der Waals surface area contributed by atoms with Gasteiger partial charge in [0.25, 0.3) is 0 Å². The van der Waals surface area contributed by atoms with Crippen molar-refractivity contribution < 1.29 is 29.0 Å². The van der Waals surface area contributed by atoms with Gasteiger partial charge in [0, 0.05) is 43.2 Å². The summed E-state index contributed by atoms with van der Waals surface area (Å²) in [5.41, 5.74) is 3.67. The van der Waals surface area contributed by atoms with Crippen LogP contribution in [0.15, 0.2) is 72.8 Å². The van der Waals surface area contributed by atoms with Crippen LogP contribution in [0.4, 0.5) is 21.9 Å². The lowest BCUT2D eigenvalue weighted by Crippen LogP contribution is -2.43. The lowest BCUT2D eigenvalue weighted by molar-refractivity contribution is -0.124. The second-order valence-corrected chi connectivity index (χ2v) is 10.2. The molecule has 3 aromatic carbocycles.